The fourth-order valence-electron chi connectivity index (χ4n) is 4.15. The molecule has 21 heavy (non-hydrogen) atoms. The highest BCUT2D eigenvalue weighted by molar-refractivity contribution is 5.78. The first-order valence-corrected chi connectivity index (χ1v) is 8.69. The number of piperidine rings is 1. The third-order valence-corrected chi connectivity index (χ3v) is 5.46. The number of aliphatic hydroxyl groups is 1. The summed E-state index contributed by atoms with van der Waals surface area (Å²) in [5.74, 6) is 0.248. The molecule has 1 saturated heterocycles. The van der Waals surface area contributed by atoms with Crippen LogP contribution in [0.25, 0.3) is 0 Å². The predicted octanol–water partition coefficient (Wildman–Crippen LogP) is 2.26. The van der Waals surface area contributed by atoms with Gasteiger partial charge in [0.15, 0.2) is 0 Å². The van der Waals surface area contributed by atoms with E-state index in [1.807, 2.05) is 4.90 Å². The normalized spacial score (nSPS) is 27.5. The van der Waals surface area contributed by atoms with Crippen LogP contribution in [0, 0.1) is 5.41 Å². The van der Waals surface area contributed by atoms with E-state index >= 15 is 0 Å². The Labute approximate surface area is 129 Å². The lowest BCUT2D eigenvalue weighted by molar-refractivity contribution is -0.137. The zero-order valence-corrected chi connectivity index (χ0v) is 13.8. The average Bonchev–Trinajstić information content (AvgIpc) is 3.02. The molecule has 122 valence electrons. The standard InChI is InChI=1S/C17H32N2O2/c1-3-9-17(14-20)10-6-11-19(13-17)16(21)12-18(2)15-7-4-5-8-15/h15,20H,3-14H2,1-2H3/t17-/m1/s1. The molecule has 0 unspecified atom stereocenters. The van der Waals surface area contributed by atoms with E-state index in [0.29, 0.717) is 12.6 Å². The van der Waals surface area contributed by atoms with Gasteiger partial charge in [0.2, 0.25) is 5.91 Å². The average molecular weight is 296 g/mol. The van der Waals surface area contributed by atoms with Crippen LogP contribution in [-0.4, -0.2) is 60.1 Å². The predicted molar refractivity (Wildman–Crippen MR) is 85.1 cm³/mol. The molecule has 0 radical (unpaired) electrons. The number of amides is 1. The van der Waals surface area contributed by atoms with E-state index in [1.165, 1.54) is 25.7 Å². The Kier molecular flexibility index (Phi) is 6.06. The molecule has 1 heterocycles. The molecule has 0 aromatic heterocycles. The van der Waals surface area contributed by atoms with Crippen LogP contribution in [0.2, 0.25) is 0 Å². The van der Waals surface area contributed by atoms with E-state index in [-0.39, 0.29) is 17.9 Å². The SMILES string of the molecule is CCC[C@@]1(CO)CCCN(C(=O)CN(C)C2CCCC2)C1. The van der Waals surface area contributed by atoms with Gasteiger partial charge in [0.25, 0.3) is 0 Å². The van der Waals surface area contributed by atoms with Crippen molar-refractivity contribution < 1.29 is 9.90 Å². The topological polar surface area (TPSA) is 43.8 Å². The zero-order chi connectivity index (χ0) is 15.3. The zero-order valence-electron chi connectivity index (χ0n) is 13.8. The molecule has 0 aromatic carbocycles. The first-order chi connectivity index (χ1) is 10.1. The quantitative estimate of drug-likeness (QED) is 0.817. The lowest BCUT2D eigenvalue weighted by Crippen LogP contribution is -2.51. The van der Waals surface area contributed by atoms with Crippen molar-refractivity contribution in [2.24, 2.45) is 5.41 Å². The monoisotopic (exact) mass is 296 g/mol. The van der Waals surface area contributed by atoms with Gasteiger partial charge < -0.3 is 10.0 Å². The maximum atomic E-state index is 12.6. The first kappa shape index (κ1) is 16.8. The number of hydrogen-bond acceptors (Lipinski definition) is 3. The number of likely N-dealkylation sites (tertiary alicyclic amines) is 1. The summed E-state index contributed by atoms with van der Waals surface area (Å²) in [5.41, 5.74) is -0.0470. The molecule has 0 aromatic rings. The molecular weight excluding hydrogens is 264 g/mol. The van der Waals surface area contributed by atoms with Crippen LogP contribution in [0.4, 0.5) is 0 Å². The van der Waals surface area contributed by atoms with Crippen molar-refractivity contribution in [2.75, 3.05) is 33.3 Å². The lowest BCUT2D eigenvalue weighted by Gasteiger charge is -2.42. The second-order valence-corrected chi connectivity index (χ2v) is 7.18. The van der Waals surface area contributed by atoms with Crippen LogP contribution in [0.5, 0.6) is 0 Å². The van der Waals surface area contributed by atoms with E-state index in [0.717, 1.165) is 38.8 Å². The molecule has 4 nitrogen and oxygen atoms in total. The van der Waals surface area contributed by atoms with E-state index in [1.54, 1.807) is 0 Å². The Morgan fingerprint density at radius 3 is 2.67 bits per heavy atom. The molecule has 2 fully saturated rings. The number of aliphatic hydroxyl groups excluding tert-OH is 1. The Morgan fingerprint density at radius 1 is 1.33 bits per heavy atom. The van der Waals surface area contributed by atoms with Crippen molar-refractivity contribution in [1.82, 2.24) is 9.80 Å². The molecule has 1 amide bonds. The van der Waals surface area contributed by atoms with Gasteiger partial charge >= 0.3 is 0 Å². The summed E-state index contributed by atoms with van der Waals surface area (Å²) in [6, 6.07) is 0.594. The fraction of sp³-hybridized carbons (Fsp3) is 0.941. The molecule has 2 aliphatic rings. The number of carbonyl (C=O) groups excluding carboxylic acids is 1. The van der Waals surface area contributed by atoms with Gasteiger partial charge in [-0.25, -0.2) is 0 Å². The Balaban J connectivity index is 1.89. The summed E-state index contributed by atoms with van der Waals surface area (Å²) in [6.07, 6.45) is 9.25. The van der Waals surface area contributed by atoms with Crippen LogP contribution in [-0.2, 0) is 4.79 Å². The third kappa shape index (κ3) is 4.19. The third-order valence-electron chi connectivity index (χ3n) is 5.46. The van der Waals surface area contributed by atoms with Crippen molar-refractivity contribution in [1.29, 1.82) is 0 Å². The number of rotatable bonds is 6. The Bertz CT molecular complexity index is 338. The van der Waals surface area contributed by atoms with Gasteiger partial charge in [-0.3, -0.25) is 9.69 Å². The molecule has 2 rings (SSSR count). The Morgan fingerprint density at radius 2 is 2.05 bits per heavy atom. The van der Waals surface area contributed by atoms with Gasteiger partial charge in [-0.05, 0) is 39.2 Å². The molecule has 1 atom stereocenters. The van der Waals surface area contributed by atoms with Gasteiger partial charge in [-0.15, -0.1) is 0 Å². The summed E-state index contributed by atoms with van der Waals surface area (Å²) >= 11 is 0. The molecule has 4 heteroatoms. The summed E-state index contributed by atoms with van der Waals surface area (Å²) in [6.45, 7) is 4.52. The molecule has 0 spiro atoms. The maximum Gasteiger partial charge on any atom is 0.236 e. The molecule has 1 saturated carbocycles. The van der Waals surface area contributed by atoms with E-state index in [2.05, 4.69) is 18.9 Å². The van der Waals surface area contributed by atoms with Crippen molar-refractivity contribution in [2.45, 2.75) is 64.3 Å². The fourth-order valence-corrected chi connectivity index (χ4v) is 4.15. The summed E-state index contributed by atoms with van der Waals surface area (Å²) < 4.78 is 0. The second kappa shape index (κ2) is 7.59. The number of carbonyl (C=O) groups is 1. The van der Waals surface area contributed by atoms with Crippen LogP contribution in [0.15, 0.2) is 0 Å². The summed E-state index contributed by atoms with van der Waals surface area (Å²) in [5, 5.41) is 9.78. The van der Waals surface area contributed by atoms with Crippen LogP contribution in [0.1, 0.15) is 58.3 Å². The van der Waals surface area contributed by atoms with Gasteiger partial charge in [-0.2, -0.15) is 0 Å². The molecule has 0 bridgehead atoms. The molecule has 1 aliphatic heterocycles. The minimum atomic E-state index is -0.0470. The summed E-state index contributed by atoms with van der Waals surface area (Å²) in [7, 11) is 2.09. The van der Waals surface area contributed by atoms with Crippen LogP contribution < -0.4 is 0 Å². The lowest BCUT2D eigenvalue weighted by atomic mass is 9.77. The first-order valence-electron chi connectivity index (χ1n) is 8.69. The van der Waals surface area contributed by atoms with Gasteiger partial charge in [-0.1, -0.05) is 26.2 Å². The largest absolute Gasteiger partial charge is 0.396 e. The van der Waals surface area contributed by atoms with Crippen LogP contribution in [0.3, 0.4) is 0 Å². The number of nitrogens with zero attached hydrogens (tertiary/aromatic N) is 2. The molecule has 1 N–H and O–H groups in total. The molecular formula is C17H32N2O2. The van der Waals surface area contributed by atoms with Crippen LogP contribution >= 0.6 is 0 Å². The van der Waals surface area contributed by atoms with Crippen molar-refractivity contribution in [3.8, 4) is 0 Å². The van der Waals surface area contributed by atoms with Crippen molar-refractivity contribution >= 4 is 5.91 Å². The van der Waals surface area contributed by atoms with E-state index in [9.17, 15) is 9.90 Å². The highest BCUT2D eigenvalue weighted by Gasteiger charge is 2.36. The minimum Gasteiger partial charge on any atom is -0.396 e. The Hall–Kier alpha value is -0.610. The van der Waals surface area contributed by atoms with Crippen molar-refractivity contribution in [3.63, 3.8) is 0 Å². The highest BCUT2D eigenvalue weighted by atomic mass is 16.3. The molecule has 1 aliphatic carbocycles. The van der Waals surface area contributed by atoms with Crippen molar-refractivity contribution in [3.05, 3.63) is 0 Å². The smallest absolute Gasteiger partial charge is 0.236 e. The van der Waals surface area contributed by atoms with Gasteiger partial charge in [0.1, 0.15) is 0 Å². The summed E-state index contributed by atoms with van der Waals surface area (Å²) in [4.78, 5) is 16.8. The van der Waals surface area contributed by atoms with E-state index < -0.39 is 0 Å². The van der Waals surface area contributed by atoms with E-state index in [4.69, 9.17) is 0 Å². The number of hydrogen-bond donors (Lipinski definition) is 1. The van der Waals surface area contributed by atoms with Gasteiger partial charge in [0, 0.05) is 24.5 Å². The minimum absolute atomic E-state index is 0.0470. The number of likely N-dealkylation sites (N-methyl/N-ethyl adjacent to an activating group) is 1. The second-order valence-electron chi connectivity index (χ2n) is 7.18. The highest BCUT2D eigenvalue weighted by Crippen LogP contribution is 2.34. The maximum absolute atomic E-state index is 12.6. The van der Waals surface area contributed by atoms with Gasteiger partial charge in [0.05, 0.1) is 13.2 Å².